The van der Waals surface area contributed by atoms with Crippen molar-refractivity contribution in [2.24, 2.45) is 11.6 Å². The maximum absolute atomic E-state index is 9.09. The van der Waals surface area contributed by atoms with Crippen molar-refractivity contribution in [3.8, 4) is 11.5 Å². The average molecular weight is 476 g/mol. The Hall–Kier alpha value is -2.41. The highest BCUT2D eigenvalue weighted by atomic mass is 35.5. The second-order valence-corrected chi connectivity index (χ2v) is 9.06. The molecule has 0 unspecified atom stereocenters. The van der Waals surface area contributed by atoms with Gasteiger partial charge in [0, 0.05) is 30.0 Å². The van der Waals surface area contributed by atoms with Gasteiger partial charge in [0.15, 0.2) is 0 Å². The van der Waals surface area contributed by atoms with E-state index in [4.69, 9.17) is 37.8 Å². The van der Waals surface area contributed by atoms with Crippen LogP contribution >= 0.6 is 11.6 Å². The van der Waals surface area contributed by atoms with Gasteiger partial charge in [0.2, 0.25) is 0 Å². The zero-order valence-electron chi connectivity index (χ0n) is 20.2. The van der Waals surface area contributed by atoms with E-state index < -0.39 is 0 Å². The molecule has 7 heteroatoms. The Morgan fingerprint density at radius 2 is 1.67 bits per heavy atom. The largest absolute Gasteiger partial charge is 0.494 e. The van der Waals surface area contributed by atoms with Gasteiger partial charge < -0.3 is 25.3 Å². The third kappa shape index (κ3) is 7.56. The maximum Gasteiger partial charge on any atom is 0.122 e. The molecule has 0 saturated carbocycles. The van der Waals surface area contributed by atoms with Crippen molar-refractivity contribution < 1.29 is 14.6 Å². The van der Waals surface area contributed by atoms with Gasteiger partial charge in [0.25, 0.3) is 0 Å². The molecule has 33 heavy (non-hydrogen) atoms. The number of aryl methyl sites for hydroxylation is 1. The molecule has 0 heterocycles. The third-order valence-corrected chi connectivity index (χ3v) is 6.15. The number of benzene rings is 2. The fraction of sp³-hybridized carbons (Fsp3) is 0.462. The highest BCUT2D eigenvalue weighted by molar-refractivity contribution is 6.17. The van der Waals surface area contributed by atoms with Crippen LogP contribution in [0.5, 0.6) is 11.5 Å². The first-order valence-corrected chi connectivity index (χ1v) is 11.9. The number of hydrogen-bond acceptors (Lipinski definition) is 6. The van der Waals surface area contributed by atoms with Crippen molar-refractivity contribution in [1.29, 1.82) is 0 Å². The van der Waals surface area contributed by atoms with Crippen LogP contribution in [0.25, 0.3) is 0 Å². The molecule has 0 bridgehead atoms. The number of allylic oxidation sites excluding steroid dienone is 1. The predicted molar refractivity (Wildman–Crippen MR) is 136 cm³/mol. The van der Waals surface area contributed by atoms with E-state index >= 15 is 0 Å². The number of aliphatic hydroxyl groups is 1. The number of aliphatic hydroxyl groups excluding tert-OH is 1. The summed E-state index contributed by atoms with van der Waals surface area (Å²) in [5.41, 5.74) is 10.2. The summed E-state index contributed by atoms with van der Waals surface area (Å²) in [6, 6.07) is 14.6. The average Bonchev–Trinajstić information content (AvgIpc) is 2.82. The first-order valence-electron chi connectivity index (χ1n) is 11.3. The standard InChI is InChI=1S/C26H38ClN3O3/c1-19-17-22(9-12-25(19)33-15-5-13-27)26(3,4)21-7-10-23(11-8-21)32-16-6-14-30(29)20(2)24(28)18-31/h7-12,17,31H,5-6,13-16,18,28-29H2,1-4H3/b24-20-. The zero-order valence-corrected chi connectivity index (χ0v) is 21.0. The highest BCUT2D eigenvalue weighted by Gasteiger charge is 2.24. The van der Waals surface area contributed by atoms with Crippen molar-refractivity contribution in [2.45, 2.75) is 46.0 Å². The van der Waals surface area contributed by atoms with E-state index in [2.05, 4.69) is 45.0 Å². The summed E-state index contributed by atoms with van der Waals surface area (Å²) in [7, 11) is 0. The summed E-state index contributed by atoms with van der Waals surface area (Å²) in [6.45, 7) is 9.84. The van der Waals surface area contributed by atoms with E-state index in [1.807, 2.05) is 18.2 Å². The zero-order chi connectivity index (χ0) is 24.4. The molecule has 182 valence electrons. The number of ether oxygens (including phenoxy) is 2. The number of alkyl halides is 1. The van der Waals surface area contributed by atoms with Gasteiger partial charge in [0.05, 0.1) is 25.5 Å². The van der Waals surface area contributed by atoms with E-state index in [0.29, 0.717) is 37.0 Å². The van der Waals surface area contributed by atoms with Gasteiger partial charge in [-0.2, -0.15) is 0 Å². The monoisotopic (exact) mass is 475 g/mol. The molecule has 0 aliphatic rings. The van der Waals surface area contributed by atoms with Crippen LogP contribution in [0, 0.1) is 6.92 Å². The van der Waals surface area contributed by atoms with Gasteiger partial charge in [-0.25, -0.2) is 5.84 Å². The summed E-state index contributed by atoms with van der Waals surface area (Å²) >= 11 is 5.74. The van der Waals surface area contributed by atoms with Crippen LogP contribution in [0.15, 0.2) is 53.9 Å². The summed E-state index contributed by atoms with van der Waals surface area (Å²) in [6.07, 6.45) is 1.57. The SMILES string of the molecule is C/C(=C(/N)CO)N(N)CCCOc1ccc(C(C)(C)c2ccc(OCCCCl)c(C)c2)cc1. The molecule has 2 rings (SSSR count). The molecule has 0 amide bonds. The molecule has 2 aromatic carbocycles. The number of hydrogen-bond donors (Lipinski definition) is 3. The second-order valence-electron chi connectivity index (χ2n) is 8.68. The number of nitrogens with zero attached hydrogens (tertiary/aromatic N) is 1. The van der Waals surface area contributed by atoms with Crippen molar-refractivity contribution in [1.82, 2.24) is 5.01 Å². The van der Waals surface area contributed by atoms with Crippen LogP contribution in [0.2, 0.25) is 0 Å². The first kappa shape index (κ1) is 26.8. The molecular formula is C26H38ClN3O3. The lowest BCUT2D eigenvalue weighted by Crippen LogP contribution is -2.33. The number of rotatable bonds is 13. The topological polar surface area (TPSA) is 94.0 Å². The van der Waals surface area contributed by atoms with Crippen molar-refractivity contribution in [3.63, 3.8) is 0 Å². The predicted octanol–water partition coefficient (Wildman–Crippen LogP) is 4.46. The Bertz CT molecular complexity index is 913. The van der Waals surface area contributed by atoms with E-state index in [1.165, 1.54) is 16.1 Å². The van der Waals surface area contributed by atoms with Crippen molar-refractivity contribution in [3.05, 3.63) is 70.5 Å². The normalized spacial score (nSPS) is 12.3. The molecule has 0 spiro atoms. The number of halogens is 1. The Labute approximate surface area is 203 Å². The van der Waals surface area contributed by atoms with Gasteiger partial charge in [-0.3, -0.25) is 0 Å². The molecule has 0 radical (unpaired) electrons. The van der Waals surface area contributed by atoms with Gasteiger partial charge in [-0.05, 0) is 55.2 Å². The molecule has 0 aliphatic heterocycles. The minimum Gasteiger partial charge on any atom is -0.494 e. The van der Waals surface area contributed by atoms with E-state index in [1.54, 1.807) is 6.92 Å². The lowest BCUT2D eigenvalue weighted by Gasteiger charge is -2.27. The minimum absolute atomic E-state index is 0.158. The molecule has 0 saturated heterocycles. The van der Waals surface area contributed by atoms with E-state index in [-0.39, 0.29) is 12.0 Å². The van der Waals surface area contributed by atoms with Crippen LogP contribution in [-0.2, 0) is 5.41 Å². The summed E-state index contributed by atoms with van der Waals surface area (Å²) in [5.74, 6) is 8.29. The van der Waals surface area contributed by atoms with Gasteiger partial charge in [0.1, 0.15) is 11.5 Å². The van der Waals surface area contributed by atoms with Crippen LogP contribution in [0.4, 0.5) is 0 Å². The minimum atomic E-state index is -0.204. The van der Waals surface area contributed by atoms with Crippen LogP contribution in [0.3, 0.4) is 0 Å². The van der Waals surface area contributed by atoms with Crippen LogP contribution < -0.4 is 21.1 Å². The molecule has 0 atom stereocenters. The molecule has 0 aliphatic carbocycles. The third-order valence-electron chi connectivity index (χ3n) is 5.89. The number of hydrazine groups is 1. The van der Waals surface area contributed by atoms with Gasteiger partial charge in [-0.1, -0.05) is 38.1 Å². The summed E-state index contributed by atoms with van der Waals surface area (Å²) in [4.78, 5) is 0. The van der Waals surface area contributed by atoms with Gasteiger partial charge >= 0.3 is 0 Å². The molecule has 6 nitrogen and oxygen atoms in total. The van der Waals surface area contributed by atoms with Gasteiger partial charge in [-0.15, -0.1) is 11.6 Å². The lowest BCUT2D eigenvalue weighted by molar-refractivity contribution is 0.264. The van der Waals surface area contributed by atoms with E-state index in [9.17, 15) is 0 Å². The maximum atomic E-state index is 9.09. The summed E-state index contributed by atoms with van der Waals surface area (Å²) in [5, 5.41) is 10.6. The quantitative estimate of drug-likeness (QED) is 0.171. The fourth-order valence-electron chi connectivity index (χ4n) is 3.46. The second kappa shape index (κ2) is 12.7. The molecule has 5 N–H and O–H groups in total. The molecular weight excluding hydrogens is 438 g/mol. The highest BCUT2D eigenvalue weighted by Crippen LogP contribution is 2.34. The van der Waals surface area contributed by atoms with Crippen molar-refractivity contribution >= 4 is 11.6 Å². The molecule has 0 aromatic heterocycles. The Kier molecular flexibility index (Phi) is 10.4. The van der Waals surface area contributed by atoms with Crippen molar-refractivity contribution in [2.75, 3.05) is 32.2 Å². The Balaban J connectivity index is 1.95. The lowest BCUT2D eigenvalue weighted by atomic mass is 9.77. The first-order chi connectivity index (χ1) is 15.7. The van der Waals surface area contributed by atoms with Crippen LogP contribution in [-0.4, -0.2) is 42.4 Å². The molecule has 2 aromatic rings. The summed E-state index contributed by atoms with van der Waals surface area (Å²) < 4.78 is 11.7. The smallest absolute Gasteiger partial charge is 0.122 e. The van der Waals surface area contributed by atoms with Crippen LogP contribution in [0.1, 0.15) is 50.3 Å². The fourth-order valence-corrected chi connectivity index (χ4v) is 3.57. The Morgan fingerprint density at radius 3 is 2.27 bits per heavy atom. The molecule has 0 fully saturated rings. The Morgan fingerprint density at radius 1 is 1.03 bits per heavy atom. The number of nitrogens with two attached hydrogens (primary N) is 2. The van der Waals surface area contributed by atoms with E-state index in [0.717, 1.165) is 29.9 Å².